The van der Waals surface area contributed by atoms with Gasteiger partial charge >= 0.3 is 0 Å². The fourth-order valence-electron chi connectivity index (χ4n) is 2.14. The molecule has 21 heavy (non-hydrogen) atoms. The van der Waals surface area contributed by atoms with Crippen molar-refractivity contribution >= 4 is 44.1 Å². The molecule has 0 unspecified atom stereocenters. The molecule has 4 nitrogen and oxygen atoms in total. The van der Waals surface area contributed by atoms with E-state index in [1.54, 1.807) is 17.5 Å². The van der Waals surface area contributed by atoms with Gasteiger partial charge in [0.25, 0.3) is 5.91 Å². The smallest absolute Gasteiger partial charge is 0.287 e. The van der Waals surface area contributed by atoms with Crippen LogP contribution in [-0.4, -0.2) is 10.9 Å². The maximum Gasteiger partial charge on any atom is 0.287 e. The predicted molar refractivity (Wildman–Crippen MR) is 86.7 cm³/mol. The molecule has 1 amide bonds. The van der Waals surface area contributed by atoms with Crippen LogP contribution in [-0.2, 0) is 6.54 Å². The topological polar surface area (TPSA) is 55.1 Å². The van der Waals surface area contributed by atoms with Crippen LogP contribution in [0.1, 0.15) is 26.0 Å². The Hall–Kier alpha value is -1.66. The van der Waals surface area contributed by atoms with Gasteiger partial charge in [-0.1, -0.05) is 15.9 Å². The van der Waals surface area contributed by atoms with Crippen molar-refractivity contribution in [2.24, 2.45) is 0 Å². The summed E-state index contributed by atoms with van der Waals surface area (Å²) < 4.78 is 6.63. The zero-order chi connectivity index (χ0) is 15.0. The third-order valence-electron chi connectivity index (χ3n) is 3.20. The lowest BCUT2D eigenvalue weighted by molar-refractivity contribution is 0.0925. The molecule has 0 aliphatic rings. The van der Waals surface area contributed by atoms with Gasteiger partial charge in [-0.3, -0.25) is 4.79 Å². The minimum Gasteiger partial charge on any atom is -0.451 e. The fraction of sp³-hybridized carbons (Fsp3) is 0.200. The first-order valence-corrected chi connectivity index (χ1v) is 8.03. The van der Waals surface area contributed by atoms with Crippen LogP contribution in [0.25, 0.3) is 11.0 Å². The Kier molecular flexibility index (Phi) is 3.82. The summed E-state index contributed by atoms with van der Waals surface area (Å²) in [5.41, 5.74) is 1.57. The van der Waals surface area contributed by atoms with Gasteiger partial charge < -0.3 is 9.73 Å². The molecular formula is C15H13BrN2O2S. The quantitative estimate of drug-likeness (QED) is 0.757. The second-order valence-electron chi connectivity index (χ2n) is 4.72. The van der Waals surface area contributed by atoms with Gasteiger partial charge in [0.15, 0.2) is 5.76 Å². The Balaban J connectivity index is 1.82. The SMILES string of the molecule is Cc1ncc(CNC(=O)c2oc3ccc(Br)cc3c2C)s1. The molecule has 108 valence electrons. The van der Waals surface area contributed by atoms with Crippen molar-refractivity contribution in [1.82, 2.24) is 10.3 Å². The van der Waals surface area contributed by atoms with Crippen molar-refractivity contribution in [2.75, 3.05) is 0 Å². The van der Waals surface area contributed by atoms with E-state index in [2.05, 4.69) is 26.2 Å². The molecule has 1 aromatic carbocycles. The number of aryl methyl sites for hydroxylation is 2. The number of amides is 1. The highest BCUT2D eigenvalue weighted by molar-refractivity contribution is 9.10. The summed E-state index contributed by atoms with van der Waals surface area (Å²) in [4.78, 5) is 17.5. The number of fused-ring (bicyclic) bond motifs is 1. The molecule has 1 N–H and O–H groups in total. The molecule has 0 saturated carbocycles. The van der Waals surface area contributed by atoms with Crippen LogP contribution < -0.4 is 5.32 Å². The molecule has 0 saturated heterocycles. The average molecular weight is 365 g/mol. The van der Waals surface area contributed by atoms with Crippen LogP contribution in [0.5, 0.6) is 0 Å². The fourth-order valence-corrected chi connectivity index (χ4v) is 3.24. The van der Waals surface area contributed by atoms with Crippen LogP contribution in [0, 0.1) is 13.8 Å². The largest absolute Gasteiger partial charge is 0.451 e. The lowest BCUT2D eigenvalue weighted by atomic mass is 10.1. The number of thiazole rings is 1. The van der Waals surface area contributed by atoms with Crippen molar-refractivity contribution in [3.05, 3.63) is 50.1 Å². The van der Waals surface area contributed by atoms with Crippen molar-refractivity contribution in [3.63, 3.8) is 0 Å². The van der Waals surface area contributed by atoms with Crippen LogP contribution in [0.3, 0.4) is 0 Å². The summed E-state index contributed by atoms with van der Waals surface area (Å²) in [6, 6.07) is 5.71. The predicted octanol–water partition coefficient (Wildman–Crippen LogP) is 4.20. The average Bonchev–Trinajstić information content (AvgIpc) is 3.01. The van der Waals surface area contributed by atoms with Crippen LogP contribution >= 0.6 is 27.3 Å². The van der Waals surface area contributed by atoms with Gasteiger partial charge in [0.2, 0.25) is 0 Å². The summed E-state index contributed by atoms with van der Waals surface area (Å²) in [6.45, 7) is 4.30. The Bertz CT molecular complexity index is 822. The Morgan fingerprint density at radius 2 is 2.24 bits per heavy atom. The van der Waals surface area contributed by atoms with Crippen LogP contribution in [0.2, 0.25) is 0 Å². The van der Waals surface area contributed by atoms with Gasteiger partial charge in [0, 0.05) is 26.5 Å². The van der Waals surface area contributed by atoms with Gasteiger partial charge in [-0.25, -0.2) is 4.98 Å². The van der Waals surface area contributed by atoms with E-state index in [9.17, 15) is 4.79 Å². The minimum absolute atomic E-state index is 0.203. The number of aromatic nitrogens is 1. The van der Waals surface area contributed by atoms with Crippen molar-refractivity contribution in [3.8, 4) is 0 Å². The second kappa shape index (κ2) is 5.61. The molecule has 0 bridgehead atoms. The summed E-state index contributed by atoms with van der Waals surface area (Å²) >= 11 is 5.00. The Labute approximate surface area is 134 Å². The zero-order valence-corrected chi connectivity index (χ0v) is 14.0. The monoisotopic (exact) mass is 364 g/mol. The summed E-state index contributed by atoms with van der Waals surface area (Å²) in [5, 5.41) is 4.81. The van der Waals surface area contributed by atoms with E-state index in [1.165, 1.54) is 0 Å². The second-order valence-corrected chi connectivity index (χ2v) is 6.96. The molecule has 2 aromatic heterocycles. The number of nitrogens with zero attached hydrogens (tertiary/aromatic N) is 1. The third kappa shape index (κ3) is 2.87. The van der Waals surface area contributed by atoms with E-state index in [4.69, 9.17) is 4.42 Å². The zero-order valence-electron chi connectivity index (χ0n) is 11.6. The lowest BCUT2D eigenvalue weighted by Crippen LogP contribution is -2.22. The third-order valence-corrected chi connectivity index (χ3v) is 4.60. The molecule has 0 spiro atoms. The number of hydrogen-bond acceptors (Lipinski definition) is 4. The first kappa shape index (κ1) is 14.3. The number of halogens is 1. The van der Waals surface area contributed by atoms with Crippen LogP contribution in [0.15, 0.2) is 33.3 Å². The van der Waals surface area contributed by atoms with Gasteiger partial charge in [-0.15, -0.1) is 11.3 Å². The van der Waals surface area contributed by atoms with E-state index >= 15 is 0 Å². The molecule has 0 aliphatic heterocycles. The van der Waals surface area contributed by atoms with E-state index in [1.807, 2.05) is 32.0 Å². The molecule has 0 radical (unpaired) electrons. The summed E-state index contributed by atoms with van der Waals surface area (Å²) in [6.07, 6.45) is 1.78. The van der Waals surface area contributed by atoms with Gasteiger partial charge in [0.05, 0.1) is 11.6 Å². The minimum atomic E-state index is -0.203. The normalized spacial score (nSPS) is 11.0. The van der Waals surface area contributed by atoms with E-state index in [-0.39, 0.29) is 5.91 Å². The number of carbonyl (C=O) groups excluding carboxylic acids is 1. The van der Waals surface area contributed by atoms with E-state index in [0.29, 0.717) is 12.3 Å². The molecule has 0 fully saturated rings. The van der Waals surface area contributed by atoms with Crippen molar-refractivity contribution in [1.29, 1.82) is 0 Å². The Morgan fingerprint density at radius 3 is 2.95 bits per heavy atom. The van der Waals surface area contributed by atoms with Crippen molar-refractivity contribution < 1.29 is 9.21 Å². The summed E-state index contributed by atoms with van der Waals surface area (Å²) in [7, 11) is 0. The van der Waals surface area contributed by atoms with E-state index in [0.717, 1.165) is 30.9 Å². The number of benzene rings is 1. The summed E-state index contributed by atoms with van der Waals surface area (Å²) in [5.74, 6) is 0.162. The van der Waals surface area contributed by atoms with Gasteiger partial charge in [-0.05, 0) is 32.0 Å². The number of nitrogens with one attached hydrogen (secondary N) is 1. The maximum atomic E-state index is 12.3. The highest BCUT2D eigenvalue weighted by atomic mass is 79.9. The number of hydrogen-bond donors (Lipinski definition) is 1. The van der Waals surface area contributed by atoms with Crippen LogP contribution in [0.4, 0.5) is 0 Å². The molecular weight excluding hydrogens is 352 g/mol. The number of rotatable bonds is 3. The molecule has 3 aromatic rings. The van der Waals surface area contributed by atoms with Gasteiger partial charge in [-0.2, -0.15) is 0 Å². The Morgan fingerprint density at radius 1 is 1.43 bits per heavy atom. The molecule has 0 aliphatic carbocycles. The van der Waals surface area contributed by atoms with Gasteiger partial charge in [0.1, 0.15) is 5.58 Å². The maximum absolute atomic E-state index is 12.3. The molecule has 0 atom stereocenters. The first-order valence-electron chi connectivity index (χ1n) is 6.43. The van der Waals surface area contributed by atoms with E-state index < -0.39 is 0 Å². The molecule has 6 heteroatoms. The first-order chi connectivity index (χ1) is 10.0. The van der Waals surface area contributed by atoms with Crippen molar-refractivity contribution in [2.45, 2.75) is 20.4 Å². The highest BCUT2D eigenvalue weighted by Crippen LogP contribution is 2.28. The number of furan rings is 1. The lowest BCUT2D eigenvalue weighted by Gasteiger charge is -2.01. The highest BCUT2D eigenvalue weighted by Gasteiger charge is 2.17. The molecule has 2 heterocycles. The number of carbonyl (C=O) groups is 1. The molecule has 3 rings (SSSR count). The standard InChI is InChI=1S/C15H13BrN2O2S/c1-8-12-5-10(16)3-4-13(12)20-14(8)15(19)18-7-11-6-17-9(2)21-11/h3-6H,7H2,1-2H3,(H,18,19).